The van der Waals surface area contributed by atoms with Gasteiger partial charge in [0.1, 0.15) is 5.75 Å². The molecule has 1 heterocycles. The van der Waals surface area contributed by atoms with Crippen LogP contribution in [0.1, 0.15) is 5.56 Å². The van der Waals surface area contributed by atoms with Crippen LogP contribution in [-0.2, 0) is 0 Å². The van der Waals surface area contributed by atoms with Gasteiger partial charge >= 0.3 is 0 Å². The van der Waals surface area contributed by atoms with Crippen molar-refractivity contribution in [3.8, 4) is 11.5 Å². The molecule has 2 aromatic rings. The number of anilines is 1. The number of para-hydroxylation sites is 2. The van der Waals surface area contributed by atoms with Gasteiger partial charge in [0.15, 0.2) is 11.7 Å². The normalized spacial score (nSPS) is 13.6. The summed E-state index contributed by atoms with van der Waals surface area (Å²) >= 11 is 0. The van der Waals surface area contributed by atoms with E-state index in [9.17, 15) is 0 Å². The van der Waals surface area contributed by atoms with Crippen LogP contribution in [0.4, 0.5) is 5.69 Å². The molecule has 0 aromatic heterocycles. The first-order valence-electron chi connectivity index (χ1n) is 6.70. The third kappa shape index (κ3) is 2.91. The number of hydrogen-bond donors (Lipinski definition) is 2. The lowest BCUT2D eigenvalue weighted by atomic mass is 10.2. The van der Waals surface area contributed by atoms with Crippen LogP contribution in [0.15, 0.2) is 53.5 Å². The largest absolute Gasteiger partial charge is 0.455 e. The number of nitrogens with one attached hydrogen (secondary N) is 2. The Hall–Kier alpha value is -2.49. The molecule has 0 atom stereocenters. The second-order valence-corrected chi connectivity index (χ2v) is 4.70. The van der Waals surface area contributed by atoms with Gasteiger partial charge in [0, 0.05) is 6.54 Å². The predicted octanol–water partition coefficient (Wildman–Crippen LogP) is 3.16. The highest BCUT2D eigenvalue weighted by Crippen LogP contribution is 2.29. The van der Waals surface area contributed by atoms with Gasteiger partial charge < -0.3 is 15.4 Å². The van der Waals surface area contributed by atoms with Crippen molar-refractivity contribution < 1.29 is 4.74 Å². The van der Waals surface area contributed by atoms with Gasteiger partial charge in [-0.3, -0.25) is 4.99 Å². The highest BCUT2D eigenvalue weighted by molar-refractivity contribution is 5.95. The summed E-state index contributed by atoms with van der Waals surface area (Å²) in [6, 6.07) is 15.9. The van der Waals surface area contributed by atoms with E-state index in [1.165, 1.54) is 5.56 Å². The van der Waals surface area contributed by atoms with Gasteiger partial charge in [0.05, 0.1) is 12.2 Å². The molecular formula is C16H17N3O. The lowest BCUT2D eigenvalue weighted by Gasteiger charge is -2.13. The minimum Gasteiger partial charge on any atom is -0.455 e. The number of aryl methyl sites for hydroxylation is 1. The fourth-order valence-corrected chi connectivity index (χ4v) is 2.07. The van der Waals surface area contributed by atoms with Gasteiger partial charge in [-0.05, 0) is 36.8 Å². The van der Waals surface area contributed by atoms with Crippen molar-refractivity contribution in [2.75, 3.05) is 18.4 Å². The molecule has 3 rings (SSSR count). The summed E-state index contributed by atoms with van der Waals surface area (Å²) in [7, 11) is 0. The molecule has 0 fully saturated rings. The van der Waals surface area contributed by atoms with Gasteiger partial charge in [0.25, 0.3) is 0 Å². The van der Waals surface area contributed by atoms with Crippen LogP contribution in [0.3, 0.4) is 0 Å². The first-order chi connectivity index (χ1) is 9.81. The summed E-state index contributed by atoms with van der Waals surface area (Å²) in [5.41, 5.74) is 2.08. The van der Waals surface area contributed by atoms with Crippen LogP contribution >= 0.6 is 0 Å². The average molecular weight is 267 g/mol. The molecule has 0 bridgehead atoms. The van der Waals surface area contributed by atoms with Crippen LogP contribution < -0.4 is 15.4 Å². The quantitative estimate of drug-likeness (QED) is 0.898. The topological polar surface area (TPSA) is 45.6 Å². The maximum Gasteiger partial charge on any atom is 0.196 e. The number of guanidine groups is 1. The first kappa shape index (κ1) is 12.5. The molecule has 1 aliphatic rings. The number of nitrogens with zero attached hydrogens (tertiary/aromatic N) is 1. The molecule has 0 aliphatic carbocycles. The Balaban J connectivity index is 1.82. The first-order valence-corrected chi connectivity index (χ1v) is 6.70. The molecule has 0 amide bonds. The third-order valence-corrected chi connectivity index (χ3v) is 3.03. The summed E-state index contributed by atoms with van der Waals surface area (Å²) in [5.74, 6) is 2.42. The molecule has 2 N–H and O–H groups in total. The van der Waals surface area contributed by atoms with Gasteiger partial charge in [-0.2, -0.15) is 0 Å². The molecule has 0 spiro atoms. The molecule has 0 unspecified atom stereocenters. The van der Waals surface area contributed by atoms with E-state index in [0.29, 0.717) is 0 Å². The summed E-state index contributed by atoms with van der Waals surface area (Å²) in [6.45, 7) is 3.74. The number of rotatable bonds is 3. The van der Waals surface area contributed by atoms with E-state index in [2.05, 4.69) is 15.6 Å². The minimum atomic E-state index is 0.787. The molecular weight excluding hydrogens is 250 g/mol. The minimum absolute atomic E-state index is 0.787. The van der Waals surface area contributed by atoms with E-state index in [1.54, 1.807) is 0 Å². The lowest BCUT2D eigenvalue weighted by molar-refractivity contribution is 0.484. The van der Waals surface area contributed by atoms with Gasteiger partial charge in [0.2, 0.25) is 0 Å². The maximum atomic E-state index is 5.96. The van der Waals surface area contributed by atoms with E-state index < -0.39 is 0 Å². The van der Waals surface area contributed by atoms with E-state index in [1.807, 2.05) is 55.5 Å². The van der Waals surface area contributed by atoms with Crippen LogP contribution in [0, 0.1) is 6.92 Å². The van der Waals surface area contributed by atoms with Crippen molar-refractivity contribution in [3.63, 3.8) is 0 Å². The molecule has 102 valence electrons. The molecule has 0 radical (unpaired) electrons. The van der Waals surface area contributed by atoms with E-state index in [4.69, 9.17) is 4.74 Å². The number of benzene rings is 2. The Bertz CT molecular complexity index is 637. The Morgan fingerprint density at radius 2 is 2.05 bits per heavy atom. The second kappa shape index (κ2) is 5.65. The standard InChI is InChI=1S/C16H17N3O/c1-12-5-4-6-13(11-12)20-15-8-3-2-7-14(15)19-16-17-9-10-18-16/h2-8,11H,9-10H2,1H3,(H2,17,18,19). The number of hydrogen-bond acceptors (Lipinski definition) is 4. The van der Waals surface area contributed by atoms with Gasteiger partial charge in [-0.15, -0.1) is 0 Å². The van der Waals surface area contributed by atoms with Crippen LogP contribution in [0.2, 0.25) is 0 Å². The summed E-state index contributed by atoms with van der Waals surface area (Å²) in [4.78, 5) is 4.33. The Kier molecular flexibility index (Phi) is 3.54. The smallest absolute Gasteiger partial charge is 0.196 e. The SMILES string of the molecule is Cc1cccc(Oc2ccccc2NC2=NCCN2)c1. The zero-order chi connectivity index (χ0) is 13.8. The lowest BCUT2D eigenvalue weighted by Crippen LogP contribution is -2.26. The molecule has 4 nitrogen and oxygen atoms in total. The Labute approximate surface area is 118 Å². The highest BCUT2D eigenvalue weighted by Gasteiger charge is 2.09. The van der Waals surface area contributed by atoms with E-state index in [0.717, 1.165) is 36.2 Å². The van der Waals surface area contributed by atoms with E-state index in [-0.39, 0.29) is 0 Å². The maximum absolute atomic E-state index is 5.96. The van der Waals surface area contributed by atoms with Crippen molar-refractivity contribution in [1.29, 1.82) is 0 Å². The van der Waals surface area contributed by atoms with Gasteiger partial charge in [-0.25, -0.2) is 0 Å². The molecule has 2 aromatic carbocycles. The van der Waals surface area contributed by atoms with Crippen LogP contribution in [0.5, 0.6) is 11.5 Å². The molecule has 4 heteroatoms. The summed E-state index contributed by atoms with van der Waals surface area (Å²) < 4.78 is 5.96. The van der Waals surface area contributed by atoms with E-state index >= 15 is 0 Å². The van der Waals surface area contributed by atoms with Crippen LogP contribution in [-0.4, -0.2) is 19.0 Å². The van der Waals surface area contributed by atoms with Crippen molar-refractivity contribution in [2.45, 2.75) is 6.92 Å². The highest BCUT2D eigenvalue weighted by atomic mass is 16.5. The fourth-order valence-electron chi connectivity index (χ4n) is 2.07. The van der Waals surface area contributed by atoms with Crippen LogP contribution in [0.25, 0.3) is 0 Å². The average Bonchev–Trinajstić information content (AvgIpc) is 2.94. The molecule has 0 saturated carbocycles. The third-order valence-electron chi connectivity index (χ3n) is 3.03. The molecule has 0 saturated heterocycles. The zero-order valence-electron chi connectivity index (χ0n) is 11.4. The van der Waals surface area contributed by atoms with Gasteiger partial charge in [-0.1, -0.05) is 24.3 Å². The predicted molar refractivity (Wildman–Crippen MR) is 81.6 cm³/mol. The van der Waals surface area contributed by atoms with Crippen molar-refractivity contribution in [3.05, 3.63) is 54.1 Å². The molecule has 20 heavy (non-hydrogen) atoms. The van der Waals surface area contributed by atoms with Crippen molar-refractivity contribution >= 4 is 11.6 Å². The molecule has 1 aliphatic heterocycles. The van der Waals surface area contributed by atoms with Crippen molar-refractivity contribution in [2.24, 2.45) is 4.99 Å². The number of aliphatic imine (C=N–C) groups is 1. The monoisotopic (exact) mass is 267 g/mol. The van der Waals surface area contributed by atoms with Crippen molar-refractivity contribution in [1.82, 2.24) is 5.32 Å². The second-order valence-electron chi connectivity index (χ2n) is 4.70. The Morgan fingerprint density at radius 3 is 2.85 bits per heavy atom. The number of ether oxygens (including phenoxy) is 1. The fraction of sp³-hybridized carbons (Fsp3) is 0.188. The summed E-state index contributed by atoms with van der Waals surface area (Å²) in [6.07, 6.45) is 0. The summed E-state index contributed by atoms with van der Waals surface area (Å²) in [5, 5.41) is 6.45. The Morgan fingerprint density at radius 1 is 1.15 bits per heavy atom. The zero-order valence-corrected chi connectivity index (χ0v) is 11.4.